The molecular weight excluding hydrogens is 148 g/mol. The average molecular weight is 164 g/mol. The van der Waals surface area contributed by atoms with Gasteiger partial charge in [-0.25, -0.2) is 4.79 Å². The molecular formula is C7H16O4. The van der Waals surface area contributed by atoms with Gasteiger partial charge in [-0.05, 0) is 27.7 Å². The molecule has 0 aromatic rings. The summed E-state index contributed by atoms with van der Waals surface area (Å²) in [7, 11) is 0. The molecule has 0 aliphatic rings. The Hall–Kier alpha value is -0.610. The number of aliphatic hydroxyl groups excluding tert-OH is 1. The first-order valence-corrected chi connectivity index (χ1v) is 3.28. The van der Waals surface area contributed by atoms with Crippen LogP contribution in [0.4, 0.5) is 0 Å². The molecule has 0 aliphatic heterocycles. The lowest BCUT2D eigenvalue weighted by Crippen LogP contribution is -2.13. The molecule has 0 radical (unpaired) electrons. The van der Waals surface area contributed by atoms with E-state index in [1.807, 2.05) is 0 Å². The lowest BCUT2D eigenvalue weighted by molar-refractivity contribution is -0.145. The molecule has 0 aromatic heterocycles. The molecule has 68 valence electrons. The van der Waals surface area contributed by atoms with Gasteiger partial charge in [0.05, 0.1) is 5.60 Å². The molecule has 0 bridgehead atoms. The van der Waals surface area contributed by atoms with Crippen LogP contribution >= 0.6 is 0 Å². The number of carboxylic acid groups (broad SMARTS) is 1. The van der Waals surface area contributed by atoms with Crippen molar-refractivity contribution in [3.05, 3.63) is 0 Å². The maximum Gasteiger partial charge on any atom is 0.332 e. The molecule has 4 nitrogen and oxygen atoms in total. The van der Waals surface area contributed by atoms with Gasteiger partial charge in [0.15, 0.2) is 0 Å². The minimum absolute atomic E-state index is 0.500. The second kappa shape index (κ2) is 5.09. The van der Waals surface area contributed by atoms with Crippen molar-refractivity contribution in [3.8, 4) is 0 Å². The van der Waals surface area contributed by atoms with Gasteiger partial charge < -0.3 is 15.3 Å². The summed E-state index contributed by atoms with van der Waals surface area (Å²) in [5, 5.41) is 24.3. The van der Waals surface area contributed by atoms with Crippen LogP contribution in [0.1, 0.15) is 27.7 Å². The van der Waals surface area contributed by atoms with Crippen LogP contribution in [0.15, 0.2) is 0 Å². The van der Waals surface area contributed by atoms with Gasteiger partial charge in [0.1, 0.15) is 6.10 Å². The van der Waals surface area contributed by atoms with E-state index < -0.39 is 17.7 Å². The first kappa shape index (κ1) is 13.0. The van der Waals surface area contributed by atoms with E-state index in [0.29, 0.717) is 0 Å². The smallest absolute Gasteiger partial charge is 0.332 e. The Bertz CT molecular complexity index is 106. The van der Waals surface area contributed by atoms with Crippen LogP contribution in [-0.2, 0) is 4.79 Å². The maximum absolute atomic E-state index is 9.45. The van der Waals surface area contributed by atoms with Crippen molar-refractivity contribution in [1.29, 1.82) is 0 Å². The number of carbonyl (C=O) groups is 1. The molecule has 4 heteroatoms. The van der Waals surface area contributed by atoms with Crippen molar-refractivity contribution >= 4 is 5.97 Å². The minimum atomic E-state index is -1.23. The van der Waals surface area contributed by atoms with E-state index >= 15 is 0 Å². The summed E-state index contributed by atoms with van der Waals surface area (Å²) in [5.41, 5.74) is -0.500. The van der Waals surface area contributed by atoms with Crippen molar-refractivity contribution in [2.45, 2.75) is 39.4 Å². The Morgan fingerprint density at radius 2 is 1.45 bits per heavy atom. The molecule has 3 N–H and O–H groups in total. The largest absolute Gasteiger partial charge is 0.479 e. The van der Waals surface area contributed by atoms with Crippen LogP contribution in [0.5, 0.6) is 0 Å². The van der Waals surface area contributed by atoms with E-state index in [4.69, 9.17) is 15.3 Å². The van der Waals surface area contributed by atoms with Gasteiger partial charge in [-0.15, -0.1) is 0 Å². The molecule has 0 saturated carbocycles. The van der Waals surface area contributed by atoms with Gasteiger partial charge in [0, 0.05) is 0 Å². The van der Waals surface area contributed by atoms with Crippen molar-refractivity contribution < 1.29 is 20.1 Å². The third kappa shape index (κ3) is 44.6. The molecule has 0 aromatic carbocycles. The molecule has 1 atom stereocenters. The van der Waals surface area contributed by atoms with Crippen LogP contribution in [0.25, 0.3) is 0 Å². The summed E-state index contributed by atoms with van der Waals surface area (Å²) >= 11 is 0. The Balaban J connectivity index is 0. The summed E-state index contributed by atoms with van der Waals surface area (Å²) in [5.74, 6) is -1.19. The maximum atomic E-state index is 9.45. The monoisotopic (exact) mass is 164 g/mol. The van der Waals surface area contributed by atoms with E-state index in [-0.39, 0.29) is 0 Å². The van der Waals surface area contributed by atoms with Crippen LogP contribution in [0.2, 0.25) is 0 Å². The third-order valence-electron chi connectivity index (χ3n) is 0.357. The van der Waals surface area contributed by atoms with Crippen molar-refractivity contribution in [2.24, 2.45) is 0 Å². The number of aliphatic hydroxyl groups is 2. The zero-order valence-corrected chi connectivity index (χ0v) is 7.33. The molecule has 0 rings (SSSR count). The fourth-order valence-corrected chi connectivity index (χ4v) is 0. The molecule has 0 saturated heterocycles. The topological polar surface area (TPSA) is 77.8 Å². The number of hydrogen-bond acceptors (Lipinski definition) is 3. The van der Waals surface area contributed by atoms with E-state index in [0.717, 1.165) is 0 Å². The van der Waals surface area contributed by atoms with E-state index in [1.54, 1.807) is 20.8 Å². The summed E-state index contributed by atoms with van der Waals surface area (Å²) in [6.07, 6.45) is -1.23. The Morgan fingerprint density at radius 1 is 1.36 bits per heavy atom. The molecule has 0 aliphatic carbocycles. The lowest BCUT2D eigenvalue weighted by Gasteiger charge is -2.04. The highest BCUT2D eigenvalue weighted by Gasteiger charge is 2.01. The van der Waals surface area contributed by atoms with E-state index in [1.165, 1.54) is 6.92 Å². The van der Waals surface area contributed by atoms with Crippen molar-refractivity contribution in [3.63, 3.8) is 0 Å². The van der Waals surface area contributed by atoms with Crippen molar-refractivity contribution in [2.75, 3.05) is 0 Å². The predicted octanol–water partition coefficient (Wildman–Crippen LogP) is 0.229. The molecule has 1 unspecified atom stereocenters. The fraction of sp³-hybridized carbons (Fsp3) is 0.857. The van der Waals surface area contributed by atoms with Gasteiger partial charge in [-0.2, -0.15) is 0 Å². The second-order valence-electron chi connectivity index (χ2n) is 3.19. The first-order chi connectivity index (χ1) is 4.64. The fourth-order valence-electron chi connectivity index (χ4n) is 0. The Morgan fingerprint density at radius 3 is 1.45 bits per heavy atom. The molecule has 11 heavy (non-hydrogen) atoms. The van der Waals surface area contributed by atoms with Crippen LogP contribution in [0.3, 0.4) is 0 Å². The van der Waals surface area contributed by atoms with Crippen LogP contribution in [-0.4, -0.2) is 33.0 Å². The van der Waals surface area contributed by atoms with E-state index in [9.17, 15) is 4.79 Å². The highest BCUT2D eigenvalue weighted by Crippen LogP contribution is 1.93. The predicted molar refractivity (Wildman–Crippen MR) is 41.3 cm³/mol. The zero-order valence-electron chi connectivity index (χ0n) is 7.33. The normalized spacial score (nSPS) is 12.9. The second-order valence-corrected chi connectivity index (χ2v) is 3.19. The summed E-state index contributed by atoms with van der Waals surface area (Å²) < 4.78 is 0. The highest BCUT2D eigenvalue weighted by molar-refractivity contribution is 5.71. The lowest BCUT2D eigenvalue weighted by atomic mass is 10.2. The first-order valence-electron chi connectivity index (χ1n) is 3.28. The molecule has 0 fully saturated rings. The van der Waals surface area contributed by atoms with E-state index in [2.05, 4.69) is 0 Å². The van der Waals surface area contributed by atoms with Gasteiger partial charge in [0.25, 0.3) is 0 Å². The van der Waals surface area contributed by atoms with Crippen molar-refractivity contribution in [1.82, 2.24) is 0 Å². The number of carboxylic acids is 1. The van der Waals surface area contributed by atoms with Gasteiger partial charge in [-0.1, -0.05) is 0 Å². The summed E-state index contributed by atoms with van der Waals surface area (Å²) in [6.45, 7) is 6.43. The minimum Gasteiger partial charge on any atom is -0.479 e. The molecule has 0 amide bonds. The highest BCUT2D eigenvalue weighted by atomic mass is 16.4. The summed E-state index contributed by atoms with van der Waals surface area (Å²) in [6, 6.07) is 0. The average Bonchev–Trinajstić information content (AvgIpc) is 1.59. The Labute approximate surface area is 66.5 Å². The number of rotatable bonds is 1. The molecule has 0 heterocycles. The van der Waals surface area contributed by atoms with Crippen LogP contribution < -0.4 is 0 Å². The number of hydrogen-bond donors (Lipinski definition) is 3. The Kier molecular flexibility index (Phi) is 6.03. The van der Waals surface area contributed by atoms with Gasteiger partial charge >= 0.3 is 5.97 Å². The quantitative estimate of drug-likeness (QED) is 0.518. The van der Waals surface area contributed by atoms with Gasteiger partial charge in [0.2, 0.25) is 0 Å². The third-order valence-corrected chi connectivity index (χ3v) is 0.357. The standard InChI is InChI=1S/C4H10O.C3H6O3/c1-4(2,3)5;1-2(4)3(5)6/h5H,1-3H3;2,4H,1H3,(H,5,6). The van der Waals surface area contributed by atoms with Crippen LogP contribution in [0, 0.1) is 0 Å². The summed E-state index contributed by atoms with van der Waals surface area (Å²) in [4.78, 5) is 9.45. The number of aliphatic carboxylic acids is 1. The van der Waals surface area contributed by atoms with Gasteiger partial charge in [-0.3, -0.25) is 0 Å². The molecule has 0 spiro atoms. The zero-order chi connectivity index (χ0) is 9.65. The SMILES string of the molecule is CC(C)(C)O.CC(O)C(=O)O.